The molecule has 0 aliphatic rings. The minimum Gasteiger partial charge on any atom is -0.508 e. The molecule has 0 saturated carbocycles. The molecule has 0 heterocycles. The molecule has 5 nitrogen and oxygen atoms in total. The van der Waals surface area contributed by atoms with Gasteiger partial charge in [-0.1, -0.05) is 6.07 Å². The molecule has 0 amide bonds. The third-order valence-electron chi connectivity index (χ3n) is 2.93. The van der Waals surface area contributed by atoms with Crippen LogP contribution < -0.4 is 10.6 Å². The van der Waals surface area contributed by atoms with E-state index in [0.717, 1.165) is 11.3 Å². The molecule has 0 aromatic heterocycles. The van der Waals surface area contributed by atoms with Gasteiger partial charge in [-0.25, -0.2) is 0 Å². The van der Waals surface area contributed by atoms with Crippen LogP contribution in [0.15, 0.2) is 18.2 Å². The summed E-state index contributed by atoms with van der Waals surface area (Å²) in [5.41, 5.74) is 7.35. The Hall–Kier alpha value is -1.77. The Bertz CT molecular complexity index is 441. The average Bonchev–Trinajstić information content (AvgIpc) is 2.38. The van der Waals surface area contributed by atoms with E-state index >= 15 is 0 Å². The standard InChI is InChI=1S/C14H21N3O2/c1-11(16)13-5-4-12(10-14(13)18)17(7-3-6-15)8-9-19-2/h4-5,10-11,18H,3,7-9,16H2,1-2H3. The summed E-state index contributed by atoms with van der Waals surface area (Å²) in [6, 6.07) is 7.33. The first kappa shape index (κ1) is 15.3. The van der Waals surface area contributed by atoms with Crippen molar-refractivity contribution in [3.63, 3.8) is 0 Å². The van der Waals surface area contributed by atoms with Gasteiger partial charge in [-0.3, -0.25) is 0 Å². The highest BCUT2D eigenvalue weighted by atomic mass is 16.5. The molecule has 1 unspecified atom stereocenters. The van der Waals surface area contributed by atoms with E-state index < -0.39 is 0 Å². The Morgan fingerprint density at radius 3 is 2.74 bits per heavy atom. The largest absolute Gasteiger partial charge is 0.508 e. The quantitative estimate of drug-likeness (QED) is 0.783. The molecular formula is C14H21N3O2. The molecule has 0 aliphatic heterocycles. The van der Waals surface area contributed by atoms with Gasteiger partial charge in [0.05, 0.1) is 19.1 Å². The van der Waals surface area contributed by atoms with Gasteiger partial charge in [-0.2, -0.15) is 5.26 Å². The fourth-order valence-electron chi connectivity index (χ4n) is 1.87. The molecule has 19 heavy (non-hydrogen) atoms. The van der Waals surface area contributed by atoms with Gasteiger partial charge in [0.1, 0.15) is 5.75 Å². The van der Waals surface area contributed by atoms with Crippen LogP contribution in [0.2, 0.25) is 0 Å². The van der Waals surface area contributed by atoms with Crippen LogP contribution >= 0.6 is 0 Å². The van der Waals surface area contributed by atoms with Gasteiger partial charge in [0, 0.05) is 43.6 Å². The van der Waals surface area contributed by atoms with Crippen LogP contribution in [-0.2, 0) is 4.74 Å². The van der Waals surface area contributed by atoms with Gasteiger partial charge < -0.3 is 20.5 Å². The fourth-order valence-corrected chi connectivity index (χ4v) is 1.87. The molecule has 0 spiro atoms. The maximum absolute atomic E-state index is 9.96. The minimum absolute atomic E-state index is 0.187. The second kappa shape index (κ2) is 7.62. The van der Waals surface area contributed by atoms with Gasteiger partial charge >= 0.3 is 0 Å². The van der Waals surface area contributed by atoms with E-state index in [4.69, 9.17) is 15.7 Å². The van der Waals surface area contributed by atoms with Crippen molar-refractivity contribution in [3.8, 4) is 11.8 Å². The lowest BCUT2D eigenvalue weighted by Gasteiger charge is -2.24. The second-order valence-electron chi connectivity index (χ2n) is 4.42. The van der Waals surface area contributed by atoms with Crippen LogP contribution in [0.4, 0.5) is 5.69 Å². The maximum Gasteiger partial charge on any atom is 0.122 e. The average molecular weight is 263 g/mol. The Labute approximate surface area is 114 Å². The van der Waals surface area contributed by atoms with Crippen molar-refractivity contribution in [2.24, 2.45) is 5.73 Å². The monoisotopic (exact) mass is 263 g/mol. The van der Waals surface area contributed by atoms with E-state index in [1.807, 2.05) is 24.0 Å². The Morgan fingerprint density at radius 2 is 2.21 bits per heavy atom. The highest BCUT2D eigenvalue weighted by Crippen LogP contribution is 2.28. The molecule has 1 aromatic carbocycles. The number of aromatic hydroxyl groups is 1. The van der Waals surface area contributed by atoms with Crippen LogP contribution in [0, 0.1) is 11.3 Å². The molecule has 3 N–H and O–H groups in total. The van der Waals surface area contributed by atoms with Crippen molar-refractivity contribution in [1.82, 2.24) is 0 Å². The van der Waals surface area contributed by atoms with Crippen molar-refractivity contribution in [2.45, 2.75) is 19.4 Å². The number of benzene rings is 1. The van der Waals surface area contributed by atoms with Crippen LogP contribution in [0.1, 0.15) is 24.9 Å². The van der Waals surface area contributed by atoms with Gasteiger partial charge in [0.25, 0.3) is 0 Å². The smallest absolute Gasteiger partial charge is 0.122 e. The summed E-state index contributed by atoms with van der Waals surface area (Å²) in [5.74, 6) is 0.187. The number of hydrogen-bond donors (Lipinski definition) is 2. The molecule has 1 aromatic rings. The Kier molecular flexibility index (Phi) is 6.13. The van der Waals surface area contributed by atoms with E-state index in [0.29, 0.717) is 26.1 Å². The predicted octanol–water partition coefficient (Wildman–Crippen LogP) is 1.78. The zero-order valence-electron chi connectivity index (χ0n) is 11.5. The molecule has 5 heteroatoms. The zero-order valence-corrected chi connectivity index (χ0v) is 11.5. The number of anilines is 1. The first-order valence-corrected chi connectivity index (χ1v) is 6.29. The lowest BCUT2D eigenvalue weighted by Crippen LogP contribution is -2.28. The third-order valence-corrected chi connectivity index (χ3v) is 2.93. The van der Waals surface area contributed by atoms with Crippen LogP contribution in [-0.4, -0.2) is 31.9 Å². The van der Waals surface area contributed by atoms with Crippen molar-refractivity contribution >= 4 is 5.69 Å². The molecule has 0 aliphatic carbocycles. The summed E-state index contributed by atoms with van der Waals surface area (Å²) in [7, 11) is 1.64. The first-order chi connectivity index (χ1) is 9.10. The van der Waals surface area contributed by atoms with Gasteiger partial charge in [0.2, 0.25) is 0 Å². The maximum atomic E-state index is 9.96. The molecule has 1 rings (SSSR count). The van der Waals surface area contributed by atoms with Crippen molar-refractivity contribution in [1.29, 1.82) is 5.26 Å². The summed E-state index contributed by atoms with van der Waals surface area (Å²) >= 11 is 0. The zero-order chi connectivity index (χ0) is 14.3. The third kappa shape index (κ3) is 4.43. The van der Waals surface area contributed by atoms with Gasteiger partial charge in [-0.15, -0.1) is 0 Å². The van der Waals surface area contributed by atoms with Crippen LogP contribution in [0.5, 0.6) is 5.75 Å². The molecule has 0 fully saturated rings. The molecule has 1 atom stereocenters. The Morgan fingerprint density at radius 1 is 1.47 bits per heavy atom. The topological polar surface area (TPSA) is 82.5 Å². The lowest BCUT2D eigenvalue weighted by molar-refractivity contribution is 0.205. The van der Waals surface area contributed by atoms with E-state index in [1.54, 1.807) is 13.2 Å². The number of hydrogen-bond acceptors (Lipinski definition) is 5. The van der Waals surface area contributed by atoms with E-state index in [1.165, 1.54) is 0 Å². The number of rotatable bonds is 7. The summed E-state index contributed by atoms with van der Waals surface area (Å²) in [6.07, 6.45) is 0.430. The van der Waals surface area contributed by atoms with Gasteiger partial charge in [-0.05, 0) is 13.0 Å². The highest BCUT2D eigenvalue weighted by Gasteiger charge is 2.11. The van der Waals surface area contributed by atoms with E-state index in [9.17, 15) is 5.11 Å². The number of ether oxygens (including phenoxy) is 1. The number of nitrogens with two attached hydrogens (primary N) is 1. The normalized spacial score (nSPS) is 11.9. The summed E-state index contributed by atoms with van der Waals surface area (Å²) < 4.78 is 5.06. The fraction of sp³-hybridized carbons (Fsp3) is 0.500. The van der Waals surface area contributed by atoms with Gasteiger partial charge in [0.15, 0.2) is 0 Å². The molecule has 0 radical (unpaired) electrons. The van der Waals surface area contributed by atoms with E-state index in [2.05, 4.69) is 6.07 Å². The highest BCUT2D eigenvalue weighted by molar-refractivity contribution is 5.54. The molecular weight excluding hydrogens is 242 g/mol. The van der Waals surface area contributed by atoms with Crippen LogP contribution in [0.3, 0.4) is 0 Å². The van der Waals surface area contributed by atoms with Crippen molar-refractivity contribution in [2.75, 3.05) is 31.7 Å². The molecule has 104 valence electrons. The predicted molar refractivity (Wildman–Crippen MR) is 75.0 cm³/mol. The number of nitriles is 1. The number of methoxy groups -OCH3 is 1. The summed E-state index contributed by atoms with van der Waals surface area (Å²) in [5, 5.41) is 18.6. The molecule has 0 saturated heterocycles. The SMILES string of the molecule is COCCN(CCC#N)c1ccc(C(C)N)c(O)c1. The van der Waals surface area contributed by atoms with E-state index in [-0.39, 0.29) is 11.8 Å². The second-order valence-corrected chi connectivity index (χ2v) is 4.42. The number of nitrogens with zero attached hydrogens (tertiary/aromatic N) is 2. The van der Waals surface area contributed by atoms with Crippen molar-refractivity contribution in [3.05, 3.63) is 23.8 Å². The minimum atomic E-state index is -0.208. The lowest BCUT2D eigenvalue weighted by atomic mass is 10.1. The summed E-state index contributed by atoms with van der Waals surface area (Å²) in [6.45, 7) is 3.68. The summed E-state index contributed by atoms with van der Waals surface area (Å²) in [4.78, 5) is 2.01. The van der Waals surface area contributed by atoms with Crippen LogP contribution in [0.25, 0.3) is 0 Å². The molecule has 0 bridgehead atoms. The van der Waals surface area contributed by atoms with Crippen molar-refractivity contribution < 1.29 is 9.84 Å². The number of phenols is 1. The Balaban J connectivity index is 2.89. The number of phenolic OH excluding ortho intramolecular Hbond substituents is 1. The first-order valence-electron chi connectivity index (χ1n) is 6.29.